The number of nitrogens with zero attached hydrogens (tertiary/aromatic N) is 3. The Labute approximate surface area is 145 Å². The lowest BCUT2D eigenvalue weighted by atomic mass is 10.1. The lowest BCUT2D eigenvalue weighted by Crippen LogP contribution is -2.31. The van der Waals surface area contributed by atoms with Crippen molar-refractivity contribution < 1.29 is 0 Å². The maximum absolute atomic E-state index is 6.01. The van der Waals surface area contributed by atoms with E-state index in [0.717, 1.165) is 32.0 Å². The minimum Gasteiger partial charge on any atom is -0.370 e. The molecule has 0 amide bonds. The summed E-state index contributed by atoms with van der Waals surface area (Å²) < 4.78 is 3.10. The number of imidazole rings is 1. The zero-order valence-electron chi connectivity index (χ0n) is 12.5. The van der Waals surface area contributed by atoms with Crippen molar-refractivity contribution in [2.75, 3.05) is 5.32 Å². The third-order valence-electron chi connectivity index (χ3n) is 4.30. The Morgan fingerprint density at radius 3 is 2.96 bits per heavy atom. The van der Waals surface area contributed by atoms with Gasteiger partial charge in [0.15, 0.2) is 12.1 Å². The van der Waals surface area contributed by atoms with E-state index >= 15 is 0 Å². The molecule has 1 aliphatic rings. The second kappa shape index (κ2) is 4.85. The summed E-state index contributed by atoms with van der Waals surface area (Å²) in [6.07, 6.45) is 1.72. The van der Waals surface area contributed by atoms with Crippen LogP contribution in [-0.4, -0.2) is 20.5 Å². The van der Waals surface area contributed by atoms with E-state index in [4.69, 9.17) is 5.73 Å². The van der Waals surface area contributed by atoms with Gasteiger partial charge in [0.25, 0.3) is 0 Å². The number of hydrogen-bond donors (Lipinski definition) is 3. The van der Waals surface area contributed by atoms with Gasteiger partial charge >= 0.3 is 0 Å². The number of aliphatic imine (C=N–C) groups is 1. The first-order chi connectivity index (χ1) is 11.7. The maximum atomic E-state index is 6.01. The van der Waals surface area contributed by atoms with Gasteiger partial charge < -0.3 is 10.7 Å². The zero-order valence-corrected chi connectivity index (χ0v) is 14.1. The summed E-state index contributed by atoms with van der Waals surface area (Å²) in [5, 5.41) is 4.17. The Balaban J connectivity index is 1.81. The van der Waals surface area contributed by atoms with Crippen LogP contribution in [0.1, 0.15) is 11.7 Å². The van der Waals surface area contributed by atoms with Crippen LogP contribution in [0.15, 0.2) is 58.1 Å². The van der Waals surface area contributed by atoms with Crippen molar-refractivity contribution in [2.45, 2.75) is 6.17 Å². The summed E-state index contributed by atoms with van der Waals surface area (Å²) in [7, 11) is 0. The summed E-state index contributed by atoms with van der Waals surface area (Å²) in [5.41, 5.74) is 10.1. The third-order valence-corrected chi connectivity index (χ3v) is 4.79. The van der Waals surface area contributed by atoms with Crippen LogP contribution in [0, 0.1) is 0 Å². The molecule has 118 valence electrons. The highest BCUT2D eigenvalue weighted by Crippen LogP contribution is 2.36. The molecule has 0 spiro atoms. The van der Waals surface area contributed by atoms with Gasteiger partial charge in [-0.15, -0.1) is 0 Å². The standard InChI is InChI=1S/C17H13BrN6/c18-9-5-6-12-10(7-9)11(8-20-12)15-22-16(19)23-17-21-13-3-1-2-4-14(13)24(15)17/h1-8,15,20H,(H3,19,21,22,23). The fourth-order valence-corrected chi connectivity index (χ4v) is 3.61. The molecule has 7 heteroatoms. The molecular formula is C17H13BrN6. The molecule has 5 rings (SSSR count). The normalized spacial score (nSPS) is 16.9. The van der Waals surface area contributed by atoms with E-state index in [1.807, 2.05) is 42.6 Å². The van der Waals surface area contributed by atoms with Crippen LogP contribution >= 0.6 is 15.9 Å². The summed E-state index contributed by atoms with van der Waals surface area (Å²) >= 11 is 3.55. The minimum absolute atomic E-state index is 0.267. The average molecular weight is 381 g/mol. The van der Waals surface area contributed by atoms with Crippen molar-refractivity contribution in [2.24, 2.45) is 10.7 Å². The number of aromatic amines is 1. The van der Waals surface area contributed by atoms with E-state index in [9.17, 15) is 0 Å². The Morgan fingerprint density at radius 1 is 1.17 bits per heavy atom. The first-order valence-corrected chi connectivity index (χ1v) is 8.34. The van der Waals surface area contributed by atoms with Crippen molar-refractivity contribution >= 4 is 49.8 Å². The molecule has 4 aromatic rings. The summed E-state index contributed by atoms with van der Waals surface area (Å²) in [5.74, 6) is 1.07. The van der Waals surface area contributed by atoms with E-state index < -0.39 is 0 Å². The highest BCUT2D eigenvalue weighted by Gasteiger charge is 2.26. The third kappa shape index (κ3) is 1.88. The molecule has 0 saturated heterocycles. The predicted octanol–water partition coefficient (Wildman–Crippen LogP) is 3.57. The quantitative estimate of drug-likeness (QED) is 0.471. The number of benzene rings is 2. The average Bonchev–Trinajstić information content (AvgIpc) is 3.14. The fraction of sp³-hybridized carbons (Fsp3) is 0.0588. The van der Waals surface area contributed by atoms with Crippen LogP contribution in [0.25, 0.3) is 21.9 Å². The van der Waals surface area contributed by atoms with Crippen molar-refractivity contribution in [3.8, 4) is 0 Å². The number of aromatic nitrogens is 3. The number of nitrogens with two attached hydrogens (primary N) is 1. The Kier molecular flexibility index (Phi) is 2.75. The van der Waals surface area contributed by atoms with Gasteiger partial charge in [0.05, 0.1) is 11.0 Å². The van der Waals surface area contributed by atoms with Gasteiger partial charge in [0.1, 0.15) is 0 Å². The summed E-state index contributed by atoms with van der Waals surface area (Å²) in [6, 6.07) is 14.2. The lowest BCUT2D eigenvalue weighted by molar-refractivity contribution is 0.630. The van der Waals surface area contributed by atoms with Crippen LogP contribution in [0.2, 0.25) is 0 Å². The number of halogens is 1. The van der Waals surface area contributed by atoms with Crippen molar-refractivity contribution in [3.63, 3.8) is 0 Å². The van der Waals surface area contributed by atoms with E-state index in [-0.39, 0.29) is 6.17 Å². The monoisotopic (exact) mass is 380 g/mol. The first kappa shape index (κ1) is 13.6. The van der Waals surface area contributed by atoms with Crippen LogP contribution < -0.4 is 11.1 Å². The second-order valence-electron chi connectivity index (χ2n) is 5.74. The number of fused-ring (bicyclic) bond motifs is 4. The van der Waals surface area contributed by atoms with E-state index in [2.05, 4.69) is 46.8 Å². The molecule has 24 heavy (non-hydrogen) atoms. The van der Waals surface area contributed by atoms with Crippen molar-refractivity contribution in [3.05, 3.63) is 58.7 Å². The molecule has 0 saturated carbocycles. The lowest BCUT2D eigenvalue weighted by Gasteiger charge is -2.23. The van der Waals surface area contributed by atoms with Gasteiger partial charge in [-0.1, -0.05) is 28.1 Å². The van der Waals surface area contributed by atoms with Gasteiger partial charge in [-0.3, -0.25) is 9.88 Å². The largest absolute Gasteiger partial charge is 0.370 e. The molecule has 2 aromatic carbocycles. The molecule has 4 N–H and O–H groups in total. The number of guanidine groups is 1. The van der Waals surface area contributed by atoms with Gasteiger partial charge in [0, 0.05) is 27.1 Å². The van der Waals surface area contributed by atoms with Gasteiger partial charge in [-0.2, -0.15) is 0 Å². The topological polar surface area (TPSA) is 84.0 Å². The first-order valence-electron chi connectivity index (χ1n) is 7.54. The van der Waals surface area contributed by atoms with Gasteiger partial charge in [-0.25, -0.2) is 9.98 Å². The molecule has 1 atom stereocenters. The number of rotatable bonds is 1. The van der Waals surface area contributed by atoms with E-state index in [0.29, 0.717) is 11.9 Å². The smallest absolute Gasteiger partial charge is 0.212 e. The highest BCUT2D eigenvalue weighted by atomic mass is 79.9. The van der Waals surface area contributed by atoms with Crippen molar-refractivity contribution in [1.29, 1.82) is 0 Å². The SMILES string of the molecule is NC1=NC(c2c[nH]c3ccc(Br)cc23)n2c(nc3ccccc32)N1. The van der Waals surface area contributed by atoms with E-state index in [1.54, 1.807) is 0 Å². The Bertz CT molecular complexity index is 1120. The van der Waals surface area contributed by atoms with Crippen LogP contribution in [0.3, 0.4) is 0 Å². The molecule has 0 radical (unpaired) electrons. The number of para-hydroxylation sites is 2. The van der Waals surface area contributed by atoms with Crippen molar-refractivity contribution in [1.82, 2.24) is 14.5 Å². The predicted molar refractivity (Wildman–Crippen MR) is 99.1 cm³/mol. The summed E-state index contributed by atoms with van der Waals surface area (Å²) in [4.78, 5) is 12.6. The molecule has 6 nitrogen and oxygen atoms in total. The maximum Gasteiger partial charge on any atom is 0.212 e. The molecule has 1 aliphatic heterocycles. The molecule has 0 aliphatic carbocycles. The van der Waals surface area contributed by atoms with E-state index in [1.165, 1.54) is 0 Å². The number of H-pyrrole nitrogens is 1. The van der Waals surface area contributed by atoms with Crippen LogP contribution in [0.4, 0.5) is 5.95 Å². The van der Waals surface area contributed by atoms with Crippen LogP contribution in [0.5, 0.6) is 0 Å². The Morgan fingerprint density at radius 2 is 2.04 bits per heavy atom. The Hall–Kier alpha value is -2.80. The molecule has 1 unspecified atom stereocenters. The zero-order chi connectivity index (χ0) is 16.3. The number of anilines is 1. The fourth-order valence-electron chi connectivity index (χ4n) is 3.25. The number of hydrogen-bond acceptors (Lipinski definition) is 4. The molecule has 2 aromatic heterocycles. The summed E-state index contributed by atoms with van der Waals surface area (Å²) in [6.45, 7) is 0. The highest BCUT2D eigenvalue weighted by molar-refractivity contribution is 9.10. The second-order valence-corrected chi connectivity index (χ2v) is 6.66. The van der Waals surface area contributed by atoms with Gasteiger partial charge in [0.2, 0.25) is 5.95 Å². The van der Waals surface area contributed by atoms with Crippen LogP contribution in [-0.2, 0) is 0 Å². The molecular weight excluding hydrogens is 368 g/mol. The molecule has 0 fully saturated rings. The molecule has 3 heterocycles. The number of nitrogens with one attached hydrogen (secondary N) is 2. The molecule has 0 bridgehead atoms. The minimum atomic E-state index is -0.267. The van der Waals surface area contributed by atoms with Gasteiger partial charge in [-0.05, 0) is 30.3 Å².